The first-order chi connectivity index (χ1) is 8.46. The molecule has 19 heavy (non-hydrogen) atoms. The molecule has 0 radical (unpaired) electrons. The summed E-state index contributed by atoms with van der Waals surface area (Å²) in [5, 5.41) is 6.45. The molecule has 0 rings (SSSR count). The van der Waals surface area contributed by atoms with E-state index < -0.39 is 0 Å². The van der Waals surface area contributed by atoms with Crippen molar-refractivity contribution in [1.82, 2.24) is 10.6 Å². The van der Waals surface area contributed by atoms with Gasteiger partial charge in [-0.1, -0.05) is 41.0 Å². The first kappa shape index (κ1) is 18.4. The Morgan fingerprint density at radius 2 is 1.58 bits per heavy atom. The third-order valence-corrected chi connectivity index (χ3v) is 3.52. The summed E-state index contributed by atoms with van der Waals surface area (Å²) in [5.41, 5.74) is -0.290. The molecule has 0 aromatic carbocycles. The van der Waals surface area contributed by atoms with Gasteiger partial charge in [-0.15, -0.1) is 0 Å². The van der Waals surface area contributed by atoms with E-state index in [9.17, 15) is 4.79 Å². The molecular formula is C16H34N2O. The van der Waals surface area contributed by atoms with Crippen LogP contribution in [0.4, 0.5) is 0 Å². The molecule has 3 nitrogen and oxygen atoms in total. The van der Waals surface area contributed by atoms with Crippen molar-refractivity contribution in [2.45, 2.75) is 73.3 Å². The molecule has 0 saturated carbocycles. The minimum atomic E-state index is -0.279. The standard InChI is InChI=1S/C16H34N2O/c1-9-10-15(4,5)13(19)18-16(6,7)11-14(2,3)12-17-8/h17H,9-12H2,1-8H3,(H,18,19). The molecule has 0 bridgehead atoms. The summed E-state index contributed by atoms with van der Waals surface area (Å²) >= 11 is 0. The first-order valence-corrected chi connectivity index (χ1v) is 7.43. The van der Waals surface area contributed by atoms with Crippen molar-refractivity contribution in [3.05, 3.63) is 0 Å². The van der Waals surface area contributed by atoms with Crippen molar-refractivity contribution in [2.24, 2.45) is 10.8 Å². The van der Waals surface area contributed by atoms with Gasteiger partial charge in [0.2, 0.25) is 5.91 Å². The summed E-state index contributed by atoms with van der Waals surface area (Å²) in [4.78, 5) is 12.4. The zero-order chi connectivity index (χ0) is 15.3. The normalized spacial score (nSPS) is 13.5. The number of carbonyl (C=O) groups excluding carboxylic acids is 1. The topological polar surface area (TPSA) is 41.1 Å². The maximum Gasteiger partial charge on any atom is 0.226 e. The Kier molecular flexibility index (Phi) is 6.53. The maximum atomic E-state index is 12.4. The van der Waals surface area contributed by atoms with Crippen LogP contribution in [0.3, 0.4) is 0 Å². The lowest BCUT2D eigenvalue weighted by Gasteiger charge is -2.38. The molecule has 0 aromatic rings. The van der Waals surface area contributed by atoms with Gasteiger partial charge in [0.1, 0.15) is 0 Å². The van der Waals surface area contributed by atoms with Crippen molar-refractivity contribution in [3.8, 4) is 0 Å². The molecule has 0 unspecified atom stereocenters. The van der Waals surface area contributed by atoms with Crippen molar-refractivity contribution in [1.29, 1.82) is 0 Å². The fourth-order valence-electron chi connectivity index (χ4n) is 3.00. The third kappa shape index (κ3) is 6.95. The first-order valence-electron chi connectivity index (χ1n) is 7.43. The highest BCUT2D eigenvalue weighted by atomic mass is 16.2. The summed E-state index contributed by atoms with van der Waals surface area (Å²) < 4.78 is 0. The summed E-state index contributed by atoms with van der Waals surface area (Å²) in [7, 11) is 1.97. The van der Waals surface area contributed by atoms with E-state index in [-0.39, 0.29) is 22.3 Å². The number of rotatable bonds is 8. The molecule has 0 aliphatic rings. The summed E-state index contributed by atoms with van der Waals surface area (Å²) in [5.74, 6) is 0.166. The van der Waals surface area contributed by atoms with Crippen LogP contribution in [0.15, 0.2) is 0 Å². The predicted octanol–water partition coefficient (Wildman–Crippen LogP) is 3.34. The Labute approximate surface area is 119 Å². The van der Waals surface area contributed by atoms with E-state index >= 15 is 0 Å². The van der Waals surface area contributed by atoms with Gasteiger partial charge in [0.25, 0.3) is 0 Å². The molecule has 0 saturated heterocycles. The molecule has 2 N–H and O–H groups in total. The van der Waals surface area contributed by atoms with Crippen molar-refractivity contribution >= 4 is 5.91 Å². The van der Waals surface area contributed by atoms with Crippen LogP contribution in [-0.2, 0) is 4.79 Å². The van der Waals surface area contributed by atoms with E-state index in [1.807, 2.05) is 20.9 Å². The van der Waals surface area contributed by atoms with Crippen LogP contribution in [0.2, 0.25) is 0 Å². The van der Waals surface area contributed by atoms with Crippen LogP contribution in [-0.4, -0.2) is 25.0 Å². The number of nitrogens with one attached hydrogen (secondary N) is 2. The fourth-order valence-corrected chi connectivity index (χ4v) is 3.00. The monoisotopic (exact) mass is 270 g/mol. The highest BCUT2D eigenvalue weighted by Gasteiger charge is 2.34. The summed E-state index contributed by atoms with van der Waals surface area (Å²) in [6.45, 7) is 15.8. The van der Waals surface area contributed by atoms with Crippen molar-refractivity contribution in [2.75, 3.05) is 13.6 Å². The summed E-state index contributed by atoms with van der Waals surface area (Å²) in [6.07, 6.45) is 2.91. The lowest BCUT2D eigenvalue weighted by Crippen LogP contribution is -2.51. The van der Waals surface area contributed by atoms with Crippen LogP contribution in [0.1, 0.15) is 67.7 Å². The van der Waals surface area contributed by atoms with Crippen molar-refractivity contribution < 1.29 is 4.79 Å². The molecular weight excluding hydrogens is 236 g/mol. The number of amides is 1. The van der Waals surface area contributed by atoms with E-state index in [0.29, 0.717) is 0 Å². The van der Waals surface area contributed by atoms with E-state index in [2.05, 4.69) is 45.3 Å². The minimum Gasteiger partial charge on any atom is -0.351 e. The molecule has 3 heteroatoms. The van der Waals surface area contributed by atoms with Gasteiger partial charge in [-0.2, -0.15) is 0 Å². The second-order valence-electron chi connectivity index (χ2n) is 7.84. The average molecular weight is 270 g/mol. The maximum absolute atomic E-state index is 12.4. The van der Waals surface area contributed by atoms with E-state index in [0.717, 1.165) is 25.8 Å². The van der Waals surface area contributed by atoms with Gasteiger partial charge < -0.3 is 10.6 Å². The van der Waals surface area contributed by atoms with Crippen molar-refractivity contribution in [3.63, 3.8) is 0 Å². The number of carbonyl (C=O) groups is 1. The fraction of sp³-hybridized carbons (Fsp3) is 0.938. The third-order valence-electron chi connectivity index (χ3n) is 3.52. The molecule has 0 atom stereocenters. The largest absolute Gasteiger partial charge is 0.351 e. The highest BCUT2D eigenvalue weighted by molar-refractivity contribution is 5.82. The quantitative estimate of drug-likeness (QED) is 0.710. The molecule has 0 aliphatic carbocycles. The molecule has 0 fully saturated rings. The van der Waals surface area contributed by atoms with Crippen LogP contribution in [0.25, 0.3) is 0 Å². The predicted molar refractivity (Wildman–Crippen MR) is 83.2 cm³/mol. The van der Waals surface area contributed by atoms with E-state index in [1.54, 1.807) is 0 Å². The number of hydrogen-bond donors (Lipinski definition) is 2. The molecule has 1 amide bonds. The van der Waals surface area contributed by atoms with Gasteiger partial charge >= 0.3 is 0 Å². The van der Waals surface area contributed by atoms with Crippen LogP contribution >= 0.6 is 0 Å². The van der Waals surface area contributed by atoms with Crippen LogP contribution in [0.5, 0.6) is 0 Å². The Morgan fingerprint density at radius 3 is 2.00 bits per heavy atom. The van der Waals surface area contributed by atoms with Gasteiger partial charge in [-0.3, -0.25) is 4.79 Å². The number of hydrogen-bond acceptors (Lipinski definition) is 2. The second kappa shape index (κ2) is 6.74. The molecule has 0 spiro atoms. The van der Waals surface area contributed by atoms with E-state index in [1.165, 1.54) is 0 Å². The zero-order valence-electron chi connectivity index (χ0n) is 14.2. The second-order valence-corrected chi connectivity index (χ2v) is 7.84. The van der Waals surface area contributed by atoms with Crippen LogP contribution < -0.4 is 10.6 Å². The van der Waals surface area contributed by atoms with Gasteiger partial charge in [-0.05, 0) is 39.2 Å². The average Bonchev–Trinajstić information content (AvgIpc) is 2.13. The summed E-state index contributed by atoms with van der Waals surface area (Å²) in [6, 6.07) is 0. The van der Waals surface area contributed by atoms with Gasteiger partial charge in [0, 0.05) is 17.5 Å². The van der Waals surface area contributed by atoms with Gasteiger partial charge in [0.15, 0.2) is 0 Å². The smallest absolute Gasteiger partial charge is 0.226 e. The van der Waals surface area contributed by atoms with Gasteiger partial charge in [-0.25, -0.2) is 0 Å². The van der Waals surface area contributed by atoms with Crippen LogP contribution in [0, 0.1) is 10.8 Å². The Morgan fingerprint density at radius 1 is 1.05 bits per heavy atom. The Hall–Kier alpha value is -0.570. The SMILES string of the molecule is CCCC(C)(C)C(=O)NC(C)(C)CC(C)(C)CNC. The molecule has 0 aromatic heterocycles. The Bertz CT molecular complexity index is 293. The molecule has 114 valence electrons. The Balaban J connectivity index is 4.64. The lowest BCUT2D eigenvalue weighted by atomic mass is 9.78. The minimum absolute atomic E-state index is 0.166. The van der Waals surface area contributed by atoms with E-state index in [4.69, 9.17) is 0 Å². The molecule has 0 aliphatic heterocycles. The molecule has 0 heterocycles. The highest BCUT2D eigenvalue weighted by Crippen LogP contribution is 2.29. The zero-order valence-corrected chi connectivity index (χ0v) is 14.2. The van der Waals surface area contributed by atoms with Gasteiger partial charge in [0.05, 0.1) is 0 Å². The lowest BCUT2D eigenvalue weighted by molar-refractivity contribution is -0.131.